The van der Waals surface area contributed by atoms with Crippen molar-refractivity contribution < 1.29 is 18.4 Å². The van der Waals surface area contributed by atoms with Gasteiger partial charge in [0.2, 0.25) is 0 Å². The number of carbonyl (C=O) groups excluding carboxylic acids is 1. The number of Topliss-reactive ketones (excluding diaryl/α,β-unsaturated/α-hetero) is 1. The summed E-state index contributed by atoms with van der Waals surface area (Å²) in [6.45, 7) is 7.77. The van der Waals surface area contributed by atoms with Gasteiger partial charge in [-0.2, -0.15) is 0 Å². The SMILES string of the molecule is C=CCC1(P(=O)(OCC)OCC)CCCCC1=O. The predicted octanol–water partition coefficient (Wildman–Crippen LogP) is 3.71. The van der Waals surface area contributed by atoms with E-state index >= 15 is 0 Å². The van der Waals surface area contributed by atoms with E-state index in [0.29, 0.717) is 19.3 Å². The Labute approximate surface area is 109 Å². The highest BCUT2D eigenvalue weighted by atomic mass is 31.2. The summed E-state index contributed by atoms with van der Waals surface area (Å²) in [6.07, 6.45) is 4.77. The lowest BCUT2D eigenvalue weighted by Crippen LogP contribution is -2.42. The average Bonchev–Trinajstić information content (AvgIpc) is 2.33. The molecule has 0 aromatic carbocycles. The van der Waals surface area contributed by atoms with Crippen LogP contribution in [0.25, 0.3) is 0 Å². The highest BCUT2D eigenvalue weighted by molar-refractivity contribution is 7.56. The van der Waals surface area contributed by atoms with E-state index < -0.39 is 12.8 Å². The lowest BCUT2D eigenvalue weighted by molar-refractivity contribution is -0.123. The summed E-state index contributed by atoms with van der Waals surface area (Å²) in [5, 5.41) is -1.00. The average molecular weight is 274 g/mol. The summed E-state index contributed by atoms with van der Waals surface area (Å²) < 4.78 is 23.8. The maximum atomic E-state index is 13.0. The maximum absolute atomic E-state index is 13.0. The van der Waals surface area contributed by atoms with Crippen LogP contribution in [0, 0.1) is 0 Å². The van der Waals surface area contributed by atoms with E-state index in [9.17, 15) is 9.36 Å². The number of hydrogen-bond donors (Lipinski definition) is 0. The summed E-state index contributed by atoms with van der Waals surface area (Å²) in [5.74, 6) is -0.00103. The van der Waals surface area contributed by atoms with E-state index in [1.807, 2.05) is 0 Å². The first kappa shape index (κ1) is 15.6. The van der Waals surface area contributed by atoms with Crippen LogP contribution in [0.4, 0.5) is 0 Å². The zero-order valence-corrected chi connectivity index (χ0v) is 12.2. The summed E-state index contributed by atoms with van der Waals surface area (Å²) in [6, 6.07) is 0. The van der Waals surface area contributed by atoms with Gasteiger partial charge >= 0.3 is 7.60 Å². The molecule has 1 rings (SSSR count). The van der Waals surface area contributed by atoms with Crippen LogP contribution in [0.1, 0.15) is 46.0 Å². The zero-order chi connectivity index (χ0) is 13.6. The second-order valence-corrected chi connectivity index (χ2v) is 6.86. The number of hydrogen-bond acceptors (Lipinski definition) is 4. The molecule has 0 amide bonds. The first-order valence-electron chi connectivity index (χ1n) is 6.59. The Balaban J connectivity index is 3.17. The number of rotatable bonds is 7. The van der Waals surface area contributed by atoms with Gasteiger partial charge in [-0.05, 0) is 33.1 Å². The van der Waals surface area contributed by atoms with Crippen LogP contribution in [-0.4, -0.2) is 24.2 Å². The molecule has 0 N–H and O–H groups in total. The van der Waals surface area contributed by atoms with Crippen molar-refractivity contribution in [1.29, 1.82) is 0 Å². The number of carbonyl (C=O) groups is 1. The molecule has 1 fully saturated rings. The Bertz CT molecular complexity index is 343. The molecule has 1 unspecified atom stereocenters. The van der Waals surface area contributed by atoms with Crippen molar-refractivity contribution in [2.24, 2.45) is 0 Å². The van der Waals surface area contributed by atoms with Gasteiger partial charge in [0.05, 0.1) is 13.2 Å². The lowest BCUT2D eigenvalue weighted by atomic mass is 9.85. The third-order valence-corrected chi connectivity index (χ3v) is 6.27. The van der Waals surface area contributed by atoms with Gasteiger partial charge < -0.3 is 9.05 Å². The van der Waals surface area contributed by atoms with Crippen LogP contribution in [-0.2, 0) is 18.4 Å². The molecule has 104 valence electrons. The van der Waals surface area contributed by atoms with Gasteiger partial charge in [-0.1, -0.05) is 12.5 Å². The van der Waals surface area contributed by atoms with Gasteiger partial charge in [0, 0.05) is 6.42 Å². The molecule has 1 aliphatic rings. The smallest absolute Gasteiger partial charge is 0.308 e. The Morgan fingerprint density at radius 1 is 1.33 bits per heavy atom. The molecule has 0 aliphatic heterocycles. The standard InChI is InChI=1S/C13H23O4P/c1-4-10-13(11-8-7-9-12(13)14)18(15,16-5-2)17-6-3/h4H,1,5-11H2,2-3H3. The molecule has 5 heteroatoms. The second-order valence-electron chi connectivity index (χ2n) is 4.49. The van der Waals surface area contributed by atoms with Crippen molar-refractivity contribution in [2.45, 2.75) is 51.1 Å². The van der Waals surface area contributed by atoms with Gasteiger partial charge in [0.1, 0.15) is 5.16 Å². The largest absolute Gasteiger partial charge is 0.344 e. The fraction of sp³-hybridized carbons (Fsp3) is 0.769. The third kappa shape index (κ3) is 2.76. The lowest BCUT2D eigenvalue weighted by Gasteiger charge is -2.39. The maximum Gasteiger partial charge on any atom is 0.344 e. The van der Waals surface area contributed by atoms with E-state index in [-0.39, 0.29) is 19.0 Å². The molecular formula is C13H23O4P. The van der Waals surface area contributed by atoms with Crippen molar-refractivity contribution in [3.63, 3.8) is 0 Å². The molecule has 0 aromatic rings. The molecule has 0 spiro atoms. The molecular weight excluding hydrogens is 251 g/mol. The van der Waals surface area contributed by atoms with Gasteiger partial charge in [0.25, 0.3) is 0 Å². The minimum Gasteiger partial charge on any atom is -0.308 e. The molecule has 0 saturated heterocycles. The van der Waals surface area contributed by atoms with E-state index in [1.54, 1.807) is 19.9 Å². The Hall–Kier alpha value is -0.440. The van der Waals surface area contributed by atoms with Crippen LogP contribution >= 0.6 is 7.60 Å². The van der Waals surface area contributed by atoms with Crippen molar-refractivity contribution in [3.8, 4) is 0 Å². The topological polar surface area (TPSA) is 52.6 Å². The van der Waals surface area contributed by atoms with Gasteiger partial charge in [0.15, 0.2) is 5.78 Å². The monoisotopic (exact) mass is 274 g/mol. The Morgan fingerprint density at radius 2 is 1.94 bits per heavy atom. The minimum atomic E-state index is -3.42. The fourth-order valence-electron chi connectivity index (χ4n) is 2.56. The van der Waals surface area contributed by atoms with Crippen LogP contribution < -0.4 is 0 Å². The van der Waals surface area contributed by atoms with E-state index in [2.05, 4.69) is 6.58 Å². The van der Waals surface area contributed by atoms with Crippen molar-refractivity contribution in [3.05, 3.63) is 12.7 Å². The first-order valence-corrected chi connectivity index (χ1v) is 8.14. The molecule has 1 aliphatic carbocycles. The molecule has 4 nitrogen and oxygen atoms in total. The van der Waals surface area contributed by atoms with Crippen LogP contribution in [0.3, 0.4) is 0 Å². The summed E-state index contributed by atoms with van der Waals surface area (Å²) >= 11 is 0. The molecule has 0 aromatic heterocycles. The fourth-order valence-corrected chi connectivity index (χ4v) is 5.01. The van der Waals surface area contributed by atoms with E-state index in [4.69, 9.17) is 9.05 Å². The van der Waals surface area contributed by atoms with E-state index in [1.165, 1.54) is 0 Å². The molecule has 0 radical (unpaired) electrons. The molecule has 1 atom stereocenters. The first-order chi connectivity index (χ1) is 8.56. The predicted molar refractivity (Wildman–Crippen MR) is 71.9 cm³/mol. The highest BCUT2D eigenvalue weighted by Crippen LogP contribution is 2.65. The molecule has 1 saturated carbocycles. The molecule has 0 heterocycles. The summed E-state index contributed by atoms with van der Waals surface area (Å²) in [4.78, 5) is 12.3. The summed E-state index contributed by atoms with van der Waals surface area (Å²) in [5.41, 5.74) is 0. The highest BCUT2D eigenvalue weighted by Gasteiger charge is 2.55. The third-order valence-electron chi connectivity index (χ3n) is 3.37. The van der Waals surface area contributed by atoms with Crippen LogP contribution in [0.15, 0.2) is 12.7 Å². The van der Waals surface area contributed by atoms with Crippen molar-refractivity contribution in [1.82, 2.24) is 0 Å². The number of allylic oxidation sites excluding steroid dienone is 1. The van der Waals surface area contributed by atoms with Gasteiger partial charge in [-0.25, -0.2) is 0 Å². The van der Waals surface area contributed by atoms with Crippen molar-refractivity contribution in [2.75, 3.05) is 13.2 Å². The second kappa shape index (κ2) is 6.65. The zero-order valence-electron chi connectivity index (χ0n) is 11.3. The van der Waals surface area contributed by atoms with Gasteiger partial charge in [-0.3, -0.25) is 9.36 Å². The Morgan fingerprint density at radius 3 is 2.39 bits per heavy atom. The summed E-state index contributed by atoms with van der Waals surface area (Å²) in [7, 11) is -3.42. The Kier molecular flexibility index (Phi) is 5.77. The minimum absolute atomic E-state index is 0.00103. The molecule has 0 bridgehead atoms. The van der Waals surface area contributed by atoms with E-state index in [0.717, 1.165) is 12.8 Å². The van der Waals surface area contributed by atoms with Crippen molar-refractivity contribution >= 4 is 13.4 Å². The van der Waals surface area contributed by atoms with Gasteiger partial charge in [-0.15, -0.1) is 6.58 Å². The van der Waals surface area contributed by atoms with Crippen LogP contribution in [0.5, 0.6) is 0 Å². The normalized spacial score (nSPS) is 25.1. The van der Waals surface area contributed by atoms with Crippen LogP contribution in [0.2, 0.25) is 0 Å². The number of ketones is 1. The quantitative estimate of drug-likeness (QED) is 0.524. The molecule has 18 heavy (non-hydrogen) atoms.